The Morgan fingerprint density at radius 1 is 1.63 bits per heavy atom. The van der Waals surface area contributed by atoms with Gasteiger partial charge in [-0.05, 0) is 6.07 Å². The predicted molar refractivity (Wildman–Crippen MR) is 62.7 cm³/mol. The van der Waals surface area contributed by atoms with Crippen molar-refractivity contribution >= 4 is 5.82 Å². The van der Waals surface area contributed by atoms with E-state index in [0.717, 1.165) is 4.57 Å². The Labute approximate surface area is 106 Å². The van der Waals surface area contributed by atoms with Crippen LogP contribution in [-0.2, 0) is 4.74 Å². The van der Waals surface area contributed by atoms with Gasteiger partial charge in [-0.3, -0.25) is 4.57 Å². The van der Waals surface area contributed by atoms with Crippen LogP contribution < -0.4 is 11.4 Å². The van der Waals surface area contributed by atoms with Gasteiger partial charge in [-0.15, -0.1) is 0 Å². The van der Waals surface area contributed by atoms with Crippen molar-refractivity contribution in [2.45, 2.75) is 18.4 Å². The van der Waals surface area contributed by atoms with Gasteiger partial charge >= 0.3 is 5.69 Å². The molecule has 0 saturated carbocycles. The van der Waals surface area contributed by atoms with Crippen molar-refractivity contribution in [2.75, 3.05) is 12.3 Å². The number of rotatable bonds is 2. The van der Waals surface area contributed by atoms with Gasteiger partial charge in [0.15, 0.2) is 6.23 Å². The number of hydrogen-bond donors (Lipinski definition) is 3. The zero-order valence-corrected chi connectivity index (χ0v) is 9.73. The molecule has 2 heterocycles. The van der Waals surface area contributed by atoms with E-state index in [0.29, 0.717) is 0 Å². The molecule has 0 aliphatic carbocycles. The first-order valence-corrected chi connectivity index (χ1v) is 5.17. The summed E-state index contributed by atoms with van der Waals surface area (Å²) in [7, 11) is 0. The maximum Gasteiger partial charge on any atom is 0.351 e. The number of aromatic nitrogens is 2. The summed E-state index contributed by atoms with van der Waals surface area (Å²) in [4.78, 5) is 15.1. The molecule has 3 atom stereocenters. The molecule has 1 fully saturated rings. The van der Waals surface area contributed by atoms with Gasteiger partial charge in [0.2, 0.25) is 0 Å². The van der Waals surface area contributed by atoms with Crippen LogP contribution in [0, 0.1) is 0 Å². The number of hydrogen-bond acceptors (Lipinski definition) is 6. The first kappa shape index (κ1) is 15.2. The van der Waals surface area contributed by atoms with E-state index >= 15 is 0 Å². The van der Waals surface area contributed by atoms with Crippen LogP contribution in [0.3, 0.4) is 0 Å². The van der Waals surface area contributed by atoms with Gasteiger partial charge in [-0.25, -0.2) is 9.18 Å². The lowest BCUT2D eigenvalue weighted by molar-refractivity contribution is -0.0447. The van der Waals surface area contributed by atoms with Gasteiger partial charge in [0.25, 0.3) is 0 Å². The third kappa shape index (κ3) is 2.63. The minimum absolute atomic E-state index is 0. The molecule has 0 amide bonds. The largest absolute Gasteiger partial charge is 0.412 e. The third-order valence-electron chi connectivity index (χ3n) is 2.69. The number of nitrogens with two attached hydrogens (primary N) is 1. The van der Waals surface area contributed by atoms with Gasteiger partial charge in [0, 0.05) is 11.8 Å². The average molecular weight is 275 g/mol. The first-order valence-electron chi connectivity index (χ1n) is 5.17. The Kier molecular flexibility index (Phi) is 4.72. The van der Waals surface area contributed by atoms with E-state index in [1.807, 2.05) is 0 Å². The molecule has 0 radical (unpaired) electrons. The predicted octanol–water partition coefficient (Wildman–Crippen LogP) is -1.90. The van der Waals surface area contributed by atoms with Crippen molar-refractivity contribution < 1.29 is 24.8 Å². The van der Waals surface area contributed by atoms with E-state index in [1.54, 1.807) is 0 Å². The molecule has 106 valence electrons. The number of aliphatic hydroxyl groups is 2. The van der Waals surface area contributed by atoms with Crippen LogP contribution in [0.1, 0.15) is 6.23 Å². The molecule has 8 nitrogen and oxygen atoms in total. The molecule has 1 aliphatic rings. The molecule has 2 rings (SSSR count). The quantitative estimate of drug-likeness (QED) is 0.575. The number of anilines is 1. The topological polar surface area (TPSA) is 142 Å². The van der Waals surface area contributed by atoms with Crippen molar-refractivity contribution in [3.05, 3.63) is 34.7 Å². The van der Waals surface area contributed by atoms with Crippen molar-refractivity contribution in [3.8, 4) is 0 Å². The molecule has 6 N–H and O–H groups in total. The van der Waals surface area contributed by atoms with E-state index in [-0.39, 0.29) is 23.2 Å². The van der Waals surface area contributed by atoms with Crippen LogP contribution in [0.15, 0.2) is 29.0 Å². The summed E-state index contributed by atoms with van der Waals surface area (Å²) in [5.74, 6) is 0.0271. The van der Waals surface area contributed by atoms with Crippen molar-refractivity contribution in [1.82, 2.24) is 9.55 Å². The second-order valence-electron chi connectivity index (χ2n) is 3.81. The minimum atomic E-state index is -1.31. The van der Waals surface area contributed by atoms with Gasteiger partial charge < -0.3 is 26.2 Å². The van der Waals surface area contributed by atoms with E-state index in [9.17, 15) is 14.3 Å². The van der Waals surface area contributed by atoms with Crippen LogP contribution in [0.5, 0.6) is 0 Å². The molecule has 0 bridgehead atoms. The normalized spacial score (nSPS) is 28.4. The van der Waals surface area contributed by atoms with Crippen LogP contribution in [0.2, 0.25) is 0 Å². The molecule has 0 spiro atoms. The lowest BCUT2D eigenvalue weighted by atomic mass is 10.1. The van der Waals surface area contributed by atoms with Crippen LogP contribution in [-0.4, -0.2) is 44.1 Å². The first-order chi connectivity index (χ1) is 8.58. The van der Waals surface area contributed by atoms with Crippen molar-refractivity contribution in [3.63, 3.8) is 0 Å². The highest BCUT2D eigenvalue weighted by Gasteiger charge is 2.40. The number of nitrogen functional groups attached to an aromatic ring is 1. The molecule has 1 aromatic heterocycles. The second-order valence-corrected chi connectivity index (χ2v) is 3.81. The third-order valence-corrected chi connectivity index (χ3v) is 2.69. The van der Waals surface area contributed by atoms with E-state index in [2.05, 4.69) is 4.98 Å². The van der Waals surface area contributed by atoms with E-state index < -0.39 is 30.7 Å². The standard InChI is InChI=1S/C10H12FN3O4.H2O/c11-3-5-8(16)6(4-15)18-9(5)14-2-1-7(12)13-10(14)17;/h1-3,6,8-9,15-16H,4H2,(H2,12,13,17);1H2/b5-3+;/t6-,8?,9-;/m1./s1. The minimum Gasteiger partial charge on any atom is -0.412 e. The lowest BCUT2D eigenvalue weighted by Crippen LogP contribution is -2.28. The summed E-state index contributed by atoms with van der Waals surface area (Å²) in [5, 5.41) is 18.6. The van der Waals surface area contributed by atoms with E-state index in [4.69, 9.17) is 15.6 Å². The Morgan fingerprint density at radius 3 is 2.84 bits per heavy atom. The van der Waals surface area contributed by atoms with Gasteiger partial charge in [0.1, 0.15) is 18.0 Å². The highest BCUT2D eigenvalue weighted by molar-refractivity contribution is 5.25. The van der Waals surface area contributed by atoms with Gasteiger partial charge in [-0.2, -0.15) is 4.98 Å². The van der Waals surface area contributed by atoms with Crippen LogP contribution in [0.25, 0.3) is 0 Å². The number of ether oxygens (including phenoxy) is 1. The second kappa shape index (κ2) is 5.89. The molecule has 9 heteroatoms. The smallest absolute Gasteiger partial charge is 0.351 e. The van der Waals surface area contributed by atoms with E-state index in [1.165, 1.54) is 12.3 Å². The molecule has 1 saturated heterocycles. The summed E-state index contributed by atoms with van der Waals surface area (Å²) >= 11 is 0. The molecule has 1 aromatic rings. The Hall–Kier alpha value is -1.81. The molecule has 1 aliphatic heterocycles. The summed E-state index contributed by atoms with van der Waals surface area (Å²) < 4.78 is 19.0. The average Bonchev–Trinajstić information content (AvgIpc) is 2.65. The Bertz CT molecular complexity index is 532. The van der Waals surface area contributed by atoms with Crippen molar-refractivity contribution in [1.29, 1.82) is 0 Å². The lowest BCUT2D eigenvalue weighted by Gasteiger charge is -2.14. The highest BCUT2D eigenvalue weighted by atomic mass is 19.1. The maximum atomic E-state index is 12.8. The Balaban J connectivity index is 0.00000180. The summed E-state index contributed by atoms with van der Waals surface area (Å²) in [6.07, 6.45) is -1.99. The van der Waals surface area contributed by atoms with Gasteiger partial charge in [0.05, 0.1) is 12.9 Å². The fourth-order valence-corrected chi connectivity index (χ4v) is 1.77. The summed E-state index contributed by atoms with van der Waals surface area (Å²) in [6.45, 7) is -0.494. The van der Waals surface area contributed by atoms with Crippen LogP contribution in [0.4, 0.5) is 10.2 Å². The van der Waals surface area contributed by atoms with Gasteiger partial charge in [-0.1, -0.05) is 0 Å². The number of aliphatic hydroxyl groups excluding tert-OH is 2. The fraction of sp³-hybridized carbons (Fsp3) is 0.400. The monoisotopic (exact) mass is 275 g/mol. The molecule has 19 heavy (non-hydrogen) atoms. The zero-order chi connectivity index (χ0) is 13.3. The Morgan fingerprint density at radius 2 is 2.32 bits per heavy atom. The molecule has 1 unspecified atom stereocenters. The molecular weight excluding hydrogens is 261 g/mol. The number of halogens is 1. The maximum absolute atomic E-state index is 12.8. The zero-order valence-electron chi connectivity index (χ0n) is 9.73. The number of nitrogens with zero attached hydrogens (tertiary/aromatic N) is 2. The van der Waals surface area contributed by atoms with Crippen molar-refractivity contribution in [2.24, 2.45) is 0 Å². The SMILES string of the molecule is Nc1ccn([C@@H]2O[C@H](CO)C(O)/C2=C\F)c(=O)n1.O. The summed E-state index contributed by atoms with van der Waals surface area (Å²) in [5.41, 5.74) is 4.45. The molecular formula is C10H14FN3O5. The summed E-state index contributed by atoms with van der Waals surface area (Å²) in [6, 6.07) is 1.35. The fourth-order valence-electron chi connectivity index (χ4n) is 1.77. The molecule has 0 aromatic carbocycles. The van der Waals surface area contributed by atoms with Crippen LogP contribution >= 0.6 is 0 Å². The highest BCUT2D eigenvalue weighted by Crippen LogP contribution is 2.33.